The highest BCUT2D eigenvalue weighted by atomic mass is 32.2. The van der Waals surface area contributed by atoms with Crippen molar-refractivity contribution in [1.82, 2.24) is 0 Å². The summed E-state index contributed by atoms with van der Waals surface area (Å²) in [6.45, 7) is 4.59. The van der Waals surface area contributed by atoms with E-state index in [-0.39, 0.29) is 6.10 Å². The van der Waals surface area contributed by atoms with Gasteiger partial charge >= 0.3 is 0 Å². The van der Waals surface area contributed by atoms with Gasteiger partial charge in [-0.2, -0.15) is 23.5 Å². The Balaban J connectivity index is 1.98. The van der Waals surface area contributed by atoms with Gasteiger partial charge in [0.25, 0.3) is 0 Å². The molecule has 1 aliphatic carbocycles. The molecule has 0 aromatic rings. The fourth-order valence-corrected chi connectivity index (χ4v) is 6.37. The molecule has 1 saturated heterocycles. The van der Waals surface area contributed by atoms with Crippen molar-refractivity contribution in [2.24, 2.45) is 11.8 Å². The smallest absolute Gasteiger partial charge is 0.0700 e. The van der Waals surface area contributed by atoms with Crippen molar-refractivity contribution < 1.29 is 5.11 Å². The minimum Gasteiger partial charge on any atom is -0.392 e. The van der Waals surface area contributed by atoms with Crippen molar-refractivity contribution in [2.75, 3.05) is 11.5 Å². The summed E-state index contributed by atoms with van der Waals surface area (Å²) in [6, 6.07) is 0. The van der Waals surface area contributed by atoms with E-state index < -0.39 is 0 Å². The van der Waals surface area contributed by atoms with Crippen molar-refractivity contribution in [1.29, 1.82) is 0 Å². The molecule has 1 aliphatic heterocycles. The Morgan fingerprint density at radius 2 is 1.88 bits per heavy atom. The maximum atomic E-state index is 10.7. The van der Waals surface area contributed by atoms with E-state index in [4.69, 9.17) is 0 Å². The Hall–Kier alpha value is 0.660. The van der Waals surface area contributed by atoms with Crippen LogP contribution in [0.15, 0.2) is 0 Å². The van der Waals surface area contributed by atoms with E-state index in [1.165, 1.54) is 43.6 Å². The third-order valence-electron chi connectivity index (χ3n) is 4.50. The van der Waals surface area contributed by atoms with E-state index in [1.54, 1.807) is 0 Å². The molecule has 3 heteroatoms. The van der Waals surface area contributed by atoms with Gasteiger partial charge in [0.1, 0.15) is 0 Å². The molecule has 1 heterocycles. The van der Waals surface area contributed by atoms with Gasteiger partial charge in [-0.25, -0.2) is 0 Å². The van der Waals surface area contributed by atoms with Crippen LogP contribution in [-0.2, 0) is 0 Å². The first kappa shape index (κ1) is 14.1. The summed E-state index contributed by atoms with van der Waals surface area (Å²) in [6.07, 6.45) is 6.50. The van der Waals surface area contributed by atoms with Crippen LogP contribution in [0, 0.1) is 11.8 Å². The highest BCUT2D eigenvalue weighted by Gasteiger charge is 2.37. The van der Waals surface area contributed by atoms with Crippen molar-refractivity contribution in [3.05, 3.63) is 0 Å². The van der Waals surface area contributed by atoms with Crippen LogP contribution in [0.3, 0.4) is 0 Å². The van der Waals surface area contributed by atoms with Crippen LogP contribution in [0.25, 0.3) is 0 Å². The van der Waals surface area contributed by atoms with E-state index in [0.717, 1.165) is 5.92 Å². The van der Waals surface area contributed by atoms with Crippen LogP contribution in [0.4, 0.5) is 0 Å². The van der Waals surface area contributed by atoms with Crippen LogP contribution in [0.2, 0.25) is 0 Å². The fourth-order valence-electron chi connectivity index (χ4n) is 3.46. The van der Waals surface area contributed by atoms with Crippen molar-refractivity contribution in [2.45, 2.75) is 62.6 Å². The predicted molar refractivity (Wildman–Crippen MR) is 79.9 cm³/mol. The first-order valence-electron chi connectivity index (χ1n) is 7.15. The van der Waals surface area contributed by atoms with Crippen molar-refractivity contribution in [3.8, 4) is 0 Å². The van der Waals surface area contributed by atoms with Gasteiger partial charge in [0.2, 0.25) is 0 Å². The van der Waals surface area contributed by atoms with Gasteiger partial charge < -0.3 is 5.11 Å². The summed E-state index contributed by atoms with van der Waals surface area (Å²) >= 11 is 4.06. The van der Waals surface area contributed by atoms with Gasteiger partial charge in [-0.05, 0) is 18.3 Å². The van der Waals surface area contributed by atoms with Gasteiger partial charge in [0.05, 0.1) is 6.10 Å². The van der Waals surface area contributed by atoms with E-state index in [1.807, 2.05) is 23.5 Å². The highest BCUT2D eigenvalue weighted by molar-refractivity contribution is 8.07. The standard InChI is InChI=1S/C14H26OS2/c1-3-11-6-4-5-7-12(11)13(15)14-10(2)16-8-9-17-14/h10-15H,3-9H2,1-2H3. The first-order valence-corrected chi connectivity index (χ1v) is 9.25. The van der Waals surface area contributed by atoms with Gasteiger partial charge in [-0.15, -0.1) is 0 Å². The Morgan fingerprint density at radius 1 is 1.18 bits per heavy atom. The quantitative estimate of drug-likeness (QED) is 0.845. The second-order valence-corrected chi connectivity index (χ2v) is 8.29. The topological polar surface area (TPSA) is 20.2 Å². The first-order chi connectivity index (χ1) is 8.24. The lowest BCUT2D eigenvalue weighted by Gasteiger charge is -2.40. The average molecular weight is 274 g/mol. The van der Waals surface area contributed by atoms with E-state index in [0.29, 0.717) is 16.4 Å². The summed E-state index contributed by atoms with van der Waals surface area (Å²) in [7, 11) is 0. The van der Waals surface area contributed by atoms with Crippen LogP contribution < -0.4 is 0 Å². The third-order valence-corrected chi connectivity index (χ3v) is 7.71. The Labute approximate surface area is 115 Å². The molecule has 0 amide bonds. The van der Waals surface area contributed by atoms with Crippen LogP contribution >= 0.6 is 23.5 Å². The van der Waals surface area contributed by atoms with Gasteiger partial charge in [0.15, 0.2) is 0 Å². The number of hydrogen-bond donors (Lipinski definition) is 1. The molecule has 1 N–H and O–H groups in total. The zero-order valence-electron chi connectivity index (χ0n) is 11.1. The molecule has 100 valence electrons. The lowest BCUT2D eigenvalue weighted by molar-refractivity contribution is 0.0447. The molecule has 0 aromatic heterocycles. The van der Waals surface area contributed by atoms with E-state index in [9.17, 15) is 5.11 Å². The molecule has 5 atom stereocenters. The third kappa shape index (κ3) is 3.36. The molecule has 2 aliphatic rings. The Kier molecular flexibility index (Phi) is 5.56. The lowest BCUT2D eigenvalue weighted by Crippen LogP contribution is -2.43. The molecular weight excluding hydrogens is 248 g/mol. The molecule has 17 heavy (non-hydrogen) atoms. The average Bonchev–Trinajstić information content (AvgIpc) is 2.38. The van der Waals surface area contributed by atoms with Crippen LogP contribution in [-0.4, -0.2) is 33.2 Å². The zero-order valence-corrected chi connectivity index (χ0v) is 12.7. The van der Waals surface area contributed by atoms with Crippen molar-refractivity contribution in [3.63, 3.8) is 0 Å². The molecule has 1 saturated carbocycles. The summed E-state index contributed by atoms with van der Waals surface area (Å²) < 4.78 is 0. The van der Waals surface area contributed by atoms with Gasteiger partial charge in [-0.3, -0.25) is 0 Å². The monoisotopic (exact) mass is 274 g/mol. The molecule has 0 spiro atoms. The number of rotatable bonds is 3. The molecule has 0 radical (unpaired) electrons. The zero-order chi connectivity index (χ0) is 12.3. The minimum absolute atomic E-state index is 0.0620. The normalized spacial score (nSPS) is 41.1. The Morgan fingerprint density at radius 3 is 2.59 bits per heavy atom. The minimum atomic E-state index is -0.0620. The summed E-state index contributed by atoms with van der Waals surface area (Å²) in [4.78, 5) is 0. The molecule has 5 unspecified atom stereocenters. The SMILES string of the molecule is CCC1CCCCC1C(O)C1SCCSC1C. The molecule has 2 rings (SSSR count). The Bertz CT molecular complexity index is 234. The number of hydrogen-bond acceptors (Lipinski definition) is 3. The summed E-state index contributed by atoms with van der Waals surface area (Å²) in [5.41, 5.74) is 0. The van der Waals surface area contributed by atoms with Crippen molar-refractivity contribution >= 4 is 23.5 Å². The van der Waals surface area contributed by atoms with Crippen LogP contribution in [0.1, 0.15) is 46.0 Å². The van der Waals surface area contributed by atoms with Gasteiger partial charge in [0, 0.05) is 22.0 Å². The molecule has 0 bridgehead atoms. The summed E-state index contributed by atoms with van der Waals surface area (Å²) in [5, 5.41) is 11.8. The molecule has 0 aromatic carbocycles. The number of thioether (sulfide) groups is 2. The maximum absolute atomic E-state index is 10.7. The molecular formula is C14H26OS2. The van der Waals surface area contributed by atoms with E-state index in [2.05, 4.69) is 13.8 Å². The molecule has 2 fully saturated rings. The number of aliphatic hydroxyl groups is 1. The highest BCUT2D eigenvalue weighted by Crippen LogP contribution is 2.41. The maximum Gasteiger partial charge on any atom is 0.0700 e. The lowest BCUT2D eigenvalue weighted by atomic mass is 9.74. The molecule has 1 nitrogen and oxygen atoms in total. The fraction of sp³-hybridized carbons (Fsp3) is 1.00. The van der Waals surface area contributed by atoms with E-state index >= 15 is 0 Å². The second-order valence-electron chi connectivity index (χ2n) is 5.52. The van der Waals surface area contributed by atoms with Gasteiger partial charge in [-0.1, -0.05) is 39.5 Å². The van der Waals surface area contributed by atoms with Crippen LogP contribution in [0.5, 0.6) is 0 Å². The number of aliphatic hydroxyl groups excluding tert-OH is 1. The largest absolute Gasteiger partial charge is 0.392 e. The predicted octanol–water partition coefficient (Wildman–Crippen LogP) is 3.80. The summed E-state index contributed by atoms with van der Waals surface area (Å²) in [5.74, 6) is 3.84. The second kappa shape index (κ2) is 6.72.